The first-order chi connectivity index (χ1) is 8.19. The summed E-state index contributed by atoms with van der Waals surface area (Å²) < 4.78 is 0. The van der Waals surface area contributed by atoms with Gasteiger partial charge in [0, 0.05) is 31.0 Å². The molecule has 0 aliphatic carbocycles. The molecule has 0 spiro atoms. The predicted molar refractivity (Wildman–Crippen MR) is 70.9 cm³/mol. The molecule has 1 fully saturated rings. The lowest BCUT2D eigenvalue weighted by molar-refractivity contribution is 0.145. The van der Waals surface area contributed by atoms with E-state index in [-0.39, 0.29) is 0 Å². The number of nitrogens with zero attached hydrogens (tertiary/aromatic N) is 2. The van der Waals surface area contributed by atoms with E-state index in [9.17, 15) is 0 Å². The molecule has 1 saturated heterocycles. The van der Waals surface area contributed by atoms with Crippen molar-refractivity contribution in [3.05, 3.63) is 29.6 Å². The van der Waals surface area contributed by atoms with Gasteiger partial charge in [0.15, 0.2) is 0 Å². The van der Waals surface area contributed by atoms with Gasteiger partial charge in [0.2, 0.25) is 0 Å². The summed E-state index contributed by atoms with van der Waals surface area (Å²) in [5.41, 5.74) is 2.42. The van der Waals surface area contributed by atoms with Gasteiger partial charge in [0.05, 0.1) is 0 Å². The van der Waals surface area contributed by atoms with E-state index in [1.165, 1.54) is 25.1 Å². The van der Waals surface area contributed by atoms with Crippen molar-refractivity contribution in [3.63, 3.8) is 0 Å². The largest absolute Gasteiger partial charge is 0.317 e. The molecule has 1 aromatic rings. The number of nitrogens with one attached hydrogen (secondary N) is 1. The lowest BCUT2D eigenvalue weighted by Crippen LogP contribution is -2.46. The highest BCUT2D eigenvalue weighted by molar-refractivity contribution is 5.13. The molecule has 1 aromatic heterocycles. The molecule has 0 saturated carbocycles. The molecule has 1 aliphatic heterocycles. The molecule has 3 heteroatoms. The highest BCUT2D eigenvalue weighted by atomic mass is 15.1. The Morgan fingerprint density at radius 2 is 2.29 bits per heavy atom. The second-order valence-corrected chi connectivity index (χ2v) is 5.20. The monoisotopic (exact) mass is 233 g/mol. The summed E-state index contributed by atoms with van der Waals surface area (Å²) in [6.07, 6.45) is 3.25. The zero-order valence-corrected chi connectivity index (χ0v) is 11.1. The molecule has 1 N–H and O–H groups in total. The Morgan fingerprint density at radius 3 is 2.88 bits per heavy atom. The SMILES string of the molecule is CNC1CCN(Cc2ccc(C)nc2)CC1C. The van der Waals surface area contributed by atoms with Crippen LogP contribution < -0.4 is 5.32 Å². The van der Waals surface area contributed by atoms with Crippen LogP contribution in [0.2, 0.25) is 0 Å². The average Bonchev–Trinajstić information content (AvgIpc) is 2.32. The average molecular weight is 233 g/mol. The van der Waals surface area contributed by atoms with Crippen LogP contribution in [0.15, 0.2) is 18.3 Å². The van der Waals surface area contributed by atoms with E-state index in [2.05, 4.69) is 41.3 Å². The summed E-state index contributed by atoms with van der Waals surface area (Å²) in [4.78, 5) is 6.89. The van der Waals surface area contributed by atoms with Crippen LogP contribution in [0.3, 0.4) is 0 Å². The Hall–Kier alpha value is -0.930. The molecule has 1 aliphatic rings. The molecule has 3 nitrogen and oxygen atoms in total. The van der Waals surface area contributed by atoms with Crippen molar-refractivity contribution < 1.29 is 0 Å². The van der Waals surface area contributed by atoms with Gasteiger partial charge in [-0.15, -0.1) is 0 Å². The number of hydrogen-bond donors (Lipinski definition) is 1. The van der Waals surface area contributed by atoms with Crippen molar-refractivity contribution >= 4 is 0 Å². The molecule has 2 rings (SSSR count). The molecular formula is C14H23N3. The highest BCUT2D eigenvalue weighted by Crippen LogP contribution is 2.18. The molecular weight excluding hydrogens is 210 g/mol. The molecule has 94 valence electrons. The Morgan fingerprint density at radius 1 is 1.47 bits per heavy atom. The van der Waals surface area contributed by atoms with Gasteiger partial charge in [-0.2, -0.15) is 0 Å². The van der Waals surface area contributed by atoms with Gasteiger partial charge >= 0.3 is 0 Å². The van der Waals surface area contributed by atoms with E-state index < -0.39 is 0 Å². The van der Waals surface area contributed by atoms with Gasteiger partial charge in [0.25, 0.3) is 0 Å². The van der Waals surface area contributed by atoms with Gasteiger partial charge in [-0.1, -0.05) is 13.0 Å². The van der Waals surface area contributed by atoms with Crippen molar-refractivity contribution in [3.8, 4) is 0 Å². The lowest BCUT2D eigenvalue weighted by Gasteiger charge is -2.36. The van der Waals surface area contributed by atoms with Crippen LogP contribution in [0.4, 0.5) is 0 Å². The zero-order chi connectivity index (χ0) is 12.3. The predicted octanol–water partition coefficient (Wildman–Crippen LogP) is 1.82. The van der Waals surface area contributed by atoms with Gasteiger partial charge in [-0.3, -0.25) is 9.88 Å². The van der Waals surface area contributed by atoms with E-state index >= 15 is 0 Å². The number of likely N-dealkylation sites (tertiary alicyclic amines) is 1. The Labute approximate surface area is 104 Å². The van der Waals surface area contributed by atoms with Gasteiger partial charge in [0.1, 0.15) is 0 Å². The van der Waals surface area contributed by atoms with Gasteiger partial charge < -0.3 is 5.32 Å². The maximum absolute atomic E-state index is 4.36. The van der Waals surface area contributed by atoms with Gasteiger partial charge in [-0.25, -0.2) is 0 Å². The first kappa shape index (κ1) is 12.5. The molecule has 0 aromatic carbocycles. The molecule has 17 heavy (non-hydrogen) atoms. The van der Waals surface area contributed by atoms with Crippen LogP contribution in [0, 0.1) is 12.8 Å². The van der Waals surface area contributed by atoms with Crippen LogP contribution in [0.25, 0.3) is 0 Å². The summed E-state index contributed by atoms with van der Waals surface area (Å²) in [6, 6.07) is 4.97. The first-order valence-electron chi connectivity index (χ1n) is 6.50. The van der Waals surface area contributed by atoms with Crippen molar-refractivity contribution in [1.82, 2.24) is 15.2 Å². The molecule has 0 amide bonds. The second kappa shape index (κ2) is 5.61. The smallest absolute Gasteiger partial charge is 0.0372 e. The van der Waals surface area contributed by atoms with Crippen LogP contribution in [-0.4, -0.2) is 36.1 Å². The second-order valence-electron chi connectivity index (χ2n) is 5.20. The van der Waals surface area contributed by atoms with E-state index in [1.54, 1.807) is 0 Å². The maximum atomic E-state index is 4.36. The lowest BCUT2D eigenvalue weighted by atomic mass is 9.94. The fourth-order valence-electron chi connectivity index (χ4n) is 2.65. The standard InChI is InChI=1S/C14H23N3/c1-11-9-17(7-6-14(11)15-3)10-13-5-4-12(2)16-8-13/h4-5,8,11,14-15H,6-7,9-10H2,1-3H3. The minimum absolute atomic E-state index is 0.683. The number of piperidine rings is 1. The Kier molecular flexibility index (Phi) is 4.13. The van der Waals surface area contributed by atoms with Crippen molar-refractivity contribution in [2.24, 2.45) is 5.92 Å². The van der Waals surface area contributed by atoms with Crippen LogP contribution in [0.1, 0.15) is 24.6 Å². The van der Waals surface area contributed by atoms with Crippen molar-refractivity contribution in [1.29, 1.82) is 0 Å². The summed E-state index contributed by atoms with van der Waals surface area (Å²) in [5.74, 6) is 0.729. The molecule has 2 heterocycles. The highest BCUT2D eigenvalue weighted by Gasteiger charge is 2.24. The molecule has 2 unspecified atom stereocenters. The normalized spacial score (nSPS) is 26.1. The maximum Gasteiger partial charge on any atom is 0.0372 e. The third kappa shape index (κ3) is 3.27. The summed E-state index contributed by atoms with van der Waals surface area (Å²) >= 11 is 0. The number of aromatic nitrogens is 1. The Balaban J connectivity index is 1.90. The Bertz CT molecular complexity index is 347. The van der Waals surface area contributed by atoms with Crippen LogP contribution >= 0.6 is 0 Å². The summed E-state index contributed by atoms with van der Waals surface area (Å²) in [7, 11) is 2.07. The fourth-order valence-corrected chi connectivity index (χ4v) is 2.65. The summed E-state index contributed by atoms with van der Waals surface area (Å²) in [6.45, 7) is 7.77. The number of pyridine rings is 1. The number of aryl methyl sites for hydroxylation is 1. The molecule has 2 atom stereocenters. The number of hydrogen-bond acceptors (Lipinski definition) is 3. The molecule has 0 radical (unpaired) electrons. The van der Waals surface area contributed by atoms with Crippen LogP contribution in [0.5, 0.6) is 0 Å². The van der Waals surface area contributed by atoms with Gasteiger partial charge in [-0.05, 0) is 44.5 Å². The topological polar surface area (TPSA) is 28.2 Å². The van der Waals surface area contributed by atoms with E-state index in [0.29, 0.717) is 6.04 Å². The minimum atomic E-state index is 0.683. The zero-order valence-electron chi connectivity index (χ0n) is 11.1. The van der Waals surface area contributed by atoms with E-state index in [1.807, 2.05) is 13.1 Å². The third-order valence-corrected chi connectivity index (χ3v) is 3.74. The van der Waals surface area contributed by atoms with Crippen molar-refractivity contribution in [2.75, 3.05) is 20.1 Å². The van der Waals surface area contributed by atoms with E-state index in [0.717, 1.165) is 18.2 Å². The van der Waals surface area contributed by atoms with Crippen LogP contribution in [-0.2, 0) is 6.54 Å². The quantitative estimate of drug-likeness (QED) is 0.863. The minimum Gasteiger partial charge on any atom is -0.317 e. The third-order valence-electron chi connectivity index (χ3n) is 3.74. The molecule has 0 bridgehead atoms. The number of rotatable bonds is 3. The summed E-state index contributed by atoms with van der Waals surface area (Å²) in [5, 5.41) is 3.41. The fraction of sp³-hybridized carbons (Fsp3) is 0.643. The van der Waals surface area contributed by atoms with Crippen molar-refractivity contribution in [2.45, 2.75) is 32.9 Å². The first-order valence-corrected chi connectivity index (χ1v) is 6.50. The van der Waals surface area contributed by atoms with E-state index in [4.69, 9.17) is 0 Å².